The molecule has 5 heteroatoms. The molecular weight excluding hydrogens is 268 g/mol. The summed E-state index contributed by atoms with van der Waals surface area (Å²) in [5.74, 6) is 0.131. The molecule has 1 aromatic rings. The van der Waals surface area contributed by atoms with Gasteiger partial charge in [0.05, 0.1) is 16.4 Å². The Morgan fingerprint density at radius 2 is 2.44 bits per heavy atom. The molecule has 1 fully saturated rings. The second kappa shape index (κ2) is 6.04. The molecule has 2 rings (SSSR count). The van der Waals surface area contributed by atoms with Crippen molar-refractivity contribution in [2.45, 2.75) is 44.7 Å². The minimum Gasteiger partial charge on any atom is -0.350 e. The average molecular weight is 287 g/mol. The molecule has 1 atom stereocenters. The van der Waals surface area contributed by atoms with Gasteiger partial charge in [-0.15, -0.1) is 11.3 Å². The second-order valence-corrected chi connectivity index (χ2v) is 6.55. The molecule has 0 bridgehead atoms. The molecule has 1 unspecified atom stereocenters. The Morgan fingerprint density at radius 1 is 1.61 bits per heavy atom. The van der Waals surface area contributed by atoms with Crippen LogP contribution in [0.2, 0.25) is 4.34 Å². The number of halogens is 1. The molecule has 1 aliphatic rings. The summed E-state index contributed by atoms with van der Waals surface area (Å²) >= 11 is 7.39. The van der Waals surface area contributed by atoms with E-state index < -0.39 is 0 Å². The molecule has 1 amide bonds. The molecule has 18 heavy (non-hydrogen) atoms. The van der Waals surface area contributed by atoms with Crippen LogP contribution in [0.4, 0.5) is 0 Å². The Bertz CT molecular complexity index is 413. The quantitative estimate of drug-likeness (QED) is 0.874. The number of thiophene rings is 1. The lowest BCUT2D eigenvalue weighted by Gasteiger charge is -2.27. The van der Waals surface area contributed by atoms with E-state index in [0.29, 0.717) is 6.54 Å². The van der Waals surface area contributed by atoms with Gasteiger partial charge in [-0.05, 0) is 37.9 Å². The van der Waals surface area contributed by atoms with Crippen molar-refractivity contribution in [2.24, 2.45) is 0 Å². The summed E-state index contributed by atoms with van der Waals surface area (Å²) in [6.07, 6.45) is 3.95. The Morgan fingerprint density at radius 3 is 3.00 bits per heavy atom. The summed E-state index contributed by atoms with van der Waals surface area (Å²) in [6.45, 7) is 3.63. The van der Waals surface area contributed by atoms with Gasteiger partial charge < -0.3 is 10.6 Å². The summed E-state index contributed by atoms with van der Waals surface area (Å²) in [7, 11) is 0. The highest BCUT2D eigenvalue weighted by atomic mass is 35.5. The summed E-state index contributed by atoms with van der Waals surface area (Å²) in [5, 5.41) is 6.41. The van der Waals surface area contributed by atoms with Crippen molar-refractivity contribution >= 4 is 28.8 Å². The normalized spacial score (nSPS) is 23.2. The smallest absolute Gasteiger partial charge is 0.240 e. The molecular formula is C13H19ClN2OS. The van der Waals surface area contributed by atoms with Crippen LogP contribution in [0.3, 0.4) is 0 Å². The monoisotopic (exact) mass is 286 g/mol. The lowest BCUT2D eigenvalue weighted by Crippen LogP contribution is -2.53. The van der Waals surface area contributed by atoms with Crippen molar-refractivity contribution in [3.63, 3.8) is 0 Å². The van der Waals surface area contributed by atoms with E-state index in [2.05, 4.69) is 17.6 Å². The van der Waals surface area contributed by atoms with Crippen molar-refractivity contribution in [2.75, 3.05) is 6.54 Å². The third-order valence-electron chi connectivity index (χ3n) is 3.41. The predicted octanol–water partition coefficient (Wildman–Crippen LogP) is 2.94. The van der Waals surface area contributed by atoms with E-state index in [4.69, 9.17) is 11.6 Å². The second-order valence-electron chi connectivity index (χ2n) is 4.75. The SMILES string of the molecule is CCCC1(C(=O)NCc2ccc(Cl)s2)CCCN1. The van der Waals surface area contributed by atoms with Crippen LogP contribution in [0, 0.1) is 0 Å². The van der Waals surface area contributed by atoms with Crippen LogP contribution >= 0.6 is 22.9 Å². The Hall–Kier alpha value is -0.580. The molecule has 1 saturated heterocycles. The van der Waals surface area contributed by atoms with Gasteiger partial charge in [-0.2, -0.15) is 0 Å². The van der Waals surface area contributed by atoms with Crippen LogP contribution in [0.5, 0.6) is 0 Å². The van der Waals surface area contributed by atoms with Crippen LogP contribution < -0.4 is 10.6 Å². The number of nitrogens with one attached hydrogen (secondary N) is 2. The predicted molar refractivity (Wildman–Crippen MR) is 76.1 cm³/mol. The van der Waals surface area contributed by atoms with Gasteiger partial charge in [-0.1, -0.05) is 24.9 Å². The van der Waals surface area contributed by atoms with Gasteiger partial charge in [0.25, 0.3) is 0 Å². The first kappa shape index (κ1) is 13.8. The standard InChI is InChI=1S/C13H19ClN2OS/c1-2-6-13(7-3-8-16-13)12(17)15-9-10-4-5-11(14)18-10/h4-5,16H,2-3,6-9H2,1H3,(H,15,17). The van der Waals surface area contributed by atoms with E-state index in [1.807, 2.05) is 12.1 Å². The Labute approximate surface area is 117 Å². The zero-order valence-corrected chi connectivity index (χ0v) is 12.2. The highest BCUT2D eigenvalue weighted by Gasteiger charge is 2.39. The zero-order chi connectivity index (χ0) is 13.0. The number of carbonyl (C=O) groups is 1. The highest BCUT2D eigenvalue weighted by Crippen LogP contribution is 2.26. The summed E-state index contributed by atoms with van der Waals surface area (Å²) in [5.41, 5.74) is -0.337. The maximum atomic E-state index is 12.3. The number of hydrogen-bond donors (Lipinski definition) is 2. The van der Waals surface area contributed by atoms with Crippen molar-refractivity contribution in [3.8, 4) is 0 Å². The summed E-state index contributed by atoms with van der Waals surface area (Å²) in [4.78, 5) is 13.4. The first-order valence-electron chi connectivity index (χ1n) is 6.44. The fourth-order valence-corrected chi connectivity index (χ4v) is 3.56. The summed E-state index contributed by atoms with van der Waals surface area (Å²) < 4.78 is 0.765. The molecule has 2 heterocycles. The van der Waals surface area contributed by atoms with E-state index in [9.17, 15) is 4.79 Å². The van der Waals surface area contributed by atoms with Gasteiger partial charge in [0, 0.05) is 4.88 Å². The lowest BCUT2D eigenvalue weighted by atomic mass is 9.91. The first-order valence-corrected chi connectivity index (χ1v) is 7.63. The molecule has 1 aliphatic heterocycles. The lowest BCUT2D eigenvalue weighted by molar-refractivity contribution is -0.127. The molecule has 0 spiro atoms. The highest BCUT2D eigenvalue weighted by molar-refractivity contribution is 7.16. The molecule has 0 aliphatic carbocycles. The van der Waals surface area contributed by atoms with Gasteiger partial charge in [-0.25, -0.2) is 0 Å². The molecule has 2 N–H and O–H groups in total. The van der Waals surface area contributed by atoms with E-state index in [-0.39, 0.29) is 11.4 Å². The fourth-order valence-electron chi connectivity index (χ4n) is 2.54. The van der Waals surface area contributed by atoms with E-state index in [1.165, 1.54) is 11.3 Å². The van der Waals surface area contributed by atoms with Gasteiger partial charge in [-0.3, -0.25) is 4.79 Å². The molecule has 0 radical (unpaired) electrons. The third-order valence-corrected chi connectivity index (χ3v) is 4.64. The van der Waals surface area contributed by atoms with Crippen LogP contribution in [0.25, 0.3) is 0 Å². The van der Waals surface area contributed by atoms with Gasteiger partial charge in [0.1, 0.15) is 0 Å². The maximum absolute atomic E-state index is 12.3. The number of hydrogen-bond acceptors (Lipinski definition) is 3. The van der Waals surface area contributed by atoms with Gasteiger partial charge in [0.2, 0.25) is 5.91 Å². The van der Waals surface area contributed by atoms with Crippen molar-refractivity contribution in [1.82, 2.24) is 10.6 Å². The van der Waals surface area contributed by atoms with E-state index in [1.54, 1.807) is 0 Å². The third kappa shape index (κ3) is 3.05. The van der Waals surface area contributed by atoms with Crippen LogP contribution in [0.1, 0.15) is 37.5 Å². The van der Waals surface area contributed by atoms with Crippen LogP contribution in [-0.2, 0) is 11.3 Å². The molecule has 0 saturated carbocycles. The Balaban J connectivity index is 1.93. The van der Waals surface area contributed by atoms with Crippen molar-refractivity contribution in [1.29, 1.82) is 0 Å². The molecule has 1 aromatic heterocycles. The average Bonchev–Trinajstić information content (AvgIpc) is 2.97. The molecule has 0 aromatic carbocycles. The van der Waals surface area contributed by atoms with Gasteiger partial charge >= 0.3 is 0 Å². The largest absolute Gasteiger partial charge is 0.350 e. The van der Waals surface area contributed by atoms with Crippen molar-refractivity contribution in [3.05, 3.63) is 21.3 Å². The van der Waals surface area contributed by atoms with Crippen molar-refractivity contribution < 1.29 is 4.79 Å². The Kier molecular flexibility index (Phi) is 4.65. The summed E-state index contributed by atoms with van der Waals surface area (Å²) in [6, 6.07) is 3.82. The minimum absolute atomic E-state index is 0.131. The number of rotatable bonds is 5. The topological polar surface area (TPSA) is 41.1 Å². The van der Waals surface area contributed by atoms with Crippen LogP contribution in [0.15, 0.2) is 12.1 Å². The maximum Gasteiger partial charge on any atom is 0.240 e. The van der Waals surface area contributed by atoms with E-state index >= 15 is 0 Å². The first-order chi connectivity index (χ1) is 8.66. The number of carbonyl (C=O) groups excluding carboxylic acids is 1. The van der Waals surface area contributed by atoms with E-state index in [0.717, 1.165) is 41.4 Å². The fraction of sp³-hybridized carbons (Fsp3) is 0.615. The molecule has 100 valence electrons. The molecule has 3 nitrogen and oxygen atoms in total. The number of amides is 1. The minimum atomic E-state index is -0.337. The van der Waals surface area contributed by atoms with Crippen LogP contribution in [-0.4, -0.2) is 18.0 Å². The zero-order valence-electron chi connectivity index (χ0n) is 10.6. The van der Waals surface area contributed by atoms with Gasteiger partial charge in [0.15, 0.2) is 0 Å².